The van der Waals surface area contributed by atoms with Crippen LogP contribution in [0.25, 0.3) is 0 Å². The lowest BCUT2D eigenvalue weighted by Gasteiger charge is -2.25. The van der Waals surface area contributed by atoms with Gasteiger partial charge in [-0.3, -0.25) is 9.59 Å². The van der Waals surface area contributed by atoms with Gasteiger partial charge in [0.15, 0.2) is 5.12 Å². The summed E-state index contributed by atoms with van der Waals surface area (Å²) in [5.74, 6) is 0.613. The van der Waals surface area contributed by atoms with Crippen LogP contribution in [-0.4, -0.2) is 30.2 Å². The van der Waals surface area contributed by atoms with Gasteiger partial charge in [0, 0.05) is 36.4 Å². The van der Waals surface area contributed by atoms with Crippen LogP contribution in [0, 0.1) is 5.92 Å². The van der Waals surface area contributed by atoms with Crippen molar-refractivity contribution in [1.29, 1.82) is 0 Å². The maximum absolute atomic E-state index is 12.2. The normalized spacial score (nSPS) is 21.0. The number of amides is 1. The molecule has 0 unspecified atom stereocenters. The molecule has 0 spiro atoms. The van der Waals surface area contributed by atoms with Gasteiger partial charge in [-0.25, -0.2) is 0 Å². The zero-order valence-corrected chi connectivity index (χ0v) is 14.1. The number of carbonyl (C=O) groups excluding carboxylic acids is 2. The zero-order valence-electron chi connectivity index (χ0n) is 13.3. The second kappa shape index (κ2) is 9.05. The van der Waals surface area contributed by atoms with Crippen LogP contribution in [0.15, 0.2) is 24.3 Å². The van der Waals surface area contributed by atoms with Crippen molar-refractivity contribution in [3.05, 3.63) is 35.4 Å². The minimum Gasteiger partial charge on any atom is -0.351 e. The van der Waals surface area contributed by atoms with Crippen molar-refractivity contribution in [2.24, 2.45) is 17.4 Å². The first-order chi connectivity index (χ1) is 11.1. The highest BCUT2D eigenvalue weighted by Gasteiger charge is 2.25. The van der Waals surface area contributed by atoms with E-state index in [2.05, 4.69) is 5.32 Å². The average molecular weight is 335 g/mol. The number of nitrogens with two attached hydrogens (primary N) is 2. The Morgan fingerprint density at radius 2 is 1.96 bits per heavy atom. The largest absolute Gasteiger partial charge is 0.351 e. The summed E-state index contributed by atoms with van der Waals surface area (Å²) in [6.45, 7) is 0.891. The van der Waals surface area contributed by atoms with Gasteiger partial charge >= 0.3 is 0 Å². The molecular weight excluding hydrogens is 310 g/mol. The molecule has 2 atom stereocenters. The SMILES string of the molecule is NCCNC(=O)c1ccc(CSC(=O)[C@H]2CCC[C@H](N)C2)cc1. The minimum atomic E-state index is -0.123. The Labute approximate surface area is 141 Å². The van der Waals surface area contributed by atoms with Gasteiger partial charge in [-0.15, -0.1) is 0 Å². The summed E-state index contributed by atoms with van der Waals surface area (Å²) in [6.07, 6.45) is 3.85. The summed E-state index contributed by atoms with van der Waals surface area (Å²) in [6, 6.07) is 7.52. The van der Waals surface area contributed by atoms with Crippen LogP contribution in [-0.2, 0) is 10.5 Å². The topological polar surface area (TPSA) is 98.2 Å². The maximum atomic E-state index is 12.2. The van der Waals surface area contributed by atoms with Crippen LogP contribution in [0.3, 0.4) is 0 Å². The van der Waals surface area contributed by atoms with Gasteiger partial charge in [0.25, 0.3) is 5.91 Å². The van der Waals surface area contributed by atoms with Crippen molar-refractivity contribution in [3.63, 3.8) is 0 Å². The smallest absolute Gasteiger partial charge is 0.251 e. The Bertz CT molecular complexity index is 533. The standard InChI is InChI=1S/C17H25N3O2S/c18-8-9-20-16(21)13-6-4-12(5-7-13)11-23-17(22)14-2-1-3-15(19)10-14/h4-7,14-15H,1-3,8-11,18-19H2,(H,20,21)/t14-,15-/m0/s1. The van der Waals surface area contributed by atoms with Crippen LogP contribution in [0.4, 0.5) is 0 Å². The molecule has 1 saturated carbocycles. The Morgan fingerprint density at radius 3 is 2.61 bits per heavy atom. The van der Waals surface area contributed by atoms with Crippen LogP contribution in [0.1, 0.15) is 41.6 Å². The van der Waals surface area contributed by atoms with Crippen molar-refractivity contribution >= 4 is 22.8 Å². The average Bonchev–Trinajstić information content (AvgIpc) is 2.58. The second-order valence-corrected chi connectivity index (χ2v) is 6.95. The summed E-state index contributed by atoms with van der Waals surface area (Å²) >= 11 is 1.35. The molecule has 0 aromatic heterocycles. The van der Waals surface area contributed by atoms with Crippen molar-refractivity contribution in [3.8, 4) is 0 Å². The molecule has 1 aliphatic rings. The molecule has 1 aromatic carbocycles. The fraction of sp³-hybridized carbons (Fsp3) is 0.529. The van der Waals surface area contributed by atoms with E-state index in [1.165, 1.54) is 11.8 Å². The first kappa shape index (κ1) is 18.0. The molecule has 0 saturated heterocycles. The Morgan fingerprint density at radius 1 is 1.22 bits per heavy atom. The molecule has 5 nitrogen and oxygen atoms in total. The van der Waals surface area contributed by atoms with Crippen molar-refractivity contribution in [1.82, 2.24) is 5.32 Å². The Hall–Kier alpha value is -1.37. The lowest BCUT2D eigenvalue weighted by molar-refractivity contribution is -0.115. The molecule has 0 bridgehead atoms. The second-order valence-electron chi connectivity index (χ2n) is 5.97. The highest BCUT2D eigenvalue weighted by atomic mass is 32.2. The van der Waals surface area contributed by atoms with Gasteiger partial charge in [-0.1, -0.05) is 30.3 Å². The molecular formula is C17H25N3O2S. The van der Waals surface area contributed by atoms with Crippen LogP contribution in [0.2, 0.25) is 0 Å². The predicted molar refractivity (Wildman–Crippen MR) is 94.1 cm³/mol. The van der Waals surface area contributed by atoms with E-state index in [-0.39, 0.29) is 23.0 Å². The summed E-state index contributed by atoms with van der Waals surface area (Å²) in [4.78, 5) is 24.0. The molecule has 1 amide bonds. The molecule has 1 aliphatic carbocycles. The predicted octanol–water partition coefficient (Wildman–Crippen LogP) is 1.65. The number of hydrogen-bond acceptors (Lipinski definition) is 5. The van der Waals surface area contributed by atoms with E-state index in [0.29, 0.717) is 24.4 Å². The number of thioether (sulfide) groups is 1. The van der Waals surface area contributed by atoms with E-state index in [0.717, 1.165) is 31.2 Å². The quantitative estimate of drug-likeness (QED) is 0.734. The van der Waals surface area contributed by atoms with E-state index in [1.54, 1.807) is 12.1 Å². The van der Waals surface area contributed by atoms with Crippen LogP contribution < -0.4 is 16.8 Å². The highest BCUT2D eigenvalue weighted by molar-refractivity contribution is 8.13. The van der Waals surface area contributed by atoms with E-state index < -0.39 is 0 Å². The number of nitrogens with one attached hydrogen (secondary N) is 1. The van der Waals surface area contributed by atoms with Crippen molar-refractivity contribution in [2.75, 3.05) is 13.1 Å². The number of benzene rings is 1. The first-order valence-electron chi connectivity index (χ1n) is 8.09. The fourth-order valence-electron chi connectivity index (χ4n) is 2.75. The molecule has 23 heavy (non-hydrogen) atoms. The van der Waals surface area contributed by atoms with Crippen molar-refractivity contribution in [2.45, 2.75) is 37.5 Å². The molecule has 1 fully saturated rings. The Balaban J connectivity index is 1.81. The fourth-order valence-corrected chi connectivity index (χ4v) is 3.71. The lowest BCUT2D eigenvalue weighted by Crippen LogP contribution is -2.30. The third kappa shape index (κ3) is 5.64. The van der Waals surface area contributed by atoms with Gasteiger partial charge in [0.05, 0.1) is 0 Å². The molecule has 6 heteroatoms. The molecule has 1 aromatic rings. The van der Waals surface area contributed by atoms with E-state index in [9.17, 15) is 9.59 Å². The Kier molecular flexibility index (Phi) is 7.08. The number of hydrogen-bond donors (Lipinski definition) is 3. The van der Waals surface area contributed by atoms with E-state index >= 15 is 0 Å². The van der Waals surface area contributed by atoms with Gasteiger partial charge in [-0.2, -0.15) is 0 Å². The van der Waals surface area contributed by atoms with E-state index in [1.807, 2.05) is 12.1 Å². The third-order valence-electron chi connectivity index (χ3n) is 4.08. The van der Waals surface area contributed by atoms with Gasteiger partial charge in [-0.05, 0) is 37.0 Å². The first-order valence-corrected chi connectivity index (χ1v) is 9.08. The monoisotopic (exact) mass is 335 g/mol. The summed E-state index contributed by atoms with van der Waals surface area (Å²) in [7, 11) is 0. The molecule has 0 aliphatic heterocycles. The van der Waals surface area contributed by atoms with Gasteiger partial charge < -0.3 is 16.8 Å². The summed E-state index contributed by atoms with van der Waals surface area (Å²) < 4.78 is 0. The highest BCUT2D eigenvalue weighted by Crippen LogP contribution is 2.29. The molecule has 5 N–H and O–H groups in total. The lowest BCUT2D eigenvalue weighted by atomic mass is 9.87. The van der Waals surface area contributed by atoms with Crippen molar-refractivity contribution < 1.29 is 9.59 Å². The summed E-state index contributed by atoms with van der Waals surface area (Å²) in [5, 5.41) is 2.97. The number of rotatable bonds is 6. The maximum Gasteiger partial charge on any atom is 0.251 e. The summed E-state index contributed by atoms with van der Waals surface area (Å²) in [5.41, 5.74) is 13.0. The van der Waals surface area contributed by atoms with Crippen LogP contribution in [0.5, 0.6) is 0 Å². The van der Waals surface area contributed by atoms with E-state index in [4.69, 9.17) is 11.5 Å². The minimum absolute atomic E-state index is 0.102. The van der Waals surface area contributed by atoms with Crippen LogP contribution >= 0.6 is 11.8 Å². The number of carbonyl (C=O) groups is 2. The van der Waals surface area contributed by atoms with Gasteiger partial charge in [0.2, 0.25) is 0 Å². The zero-order chi connectivity index (χ0) is 16.7. The molecule has 2 rings (SSSR count). The molecule has 0 heterocycles. The molecule has 126 valence electrons. The molecule has 0 radical (unpaired) electrons. The third-order valence-corrected chi connectivity index (χ3v) is 5.17. The van der Waals surface area contributed by atoms with Gasteiger partial charge in [0.1, 0.15) is 0 Å².